The fraction of sp³-hybridized carbons (Fsp3) is 0.409. The van der Waals surface area contributed by atoms with Crippen molar-refractivity contribution in [3.8, 4) is 5.75 Å². The molecule has 136 valence electrons. The Morgan fingerprint density at radius 2 is 1.81 bits per heavy atom. The summed E-state index contributed by atoms with van der Waals surface area (Å²) in [5.74, 6) is 0.895. The first-order valence-corrected chi connectivity index (χ1v) is 9.13. The lowest BCUT2D eigenvalue weighted by atomic mass is 9.79. The number of nitrogens with zero attached hydrogens (tertiary/aromatic N) is 1. The summed E-state index contributed by atoms with van der Waals surface area (Å²) in [5.41, 5.74) is 2.54. The average molecular weight is 351 g/mol. The molecule has 2 aliphatic rings. The van der Waals surface area contributed by atoms with Gasteiger partial charge in [0.1, 0.15) is 23.6 Å². The van der Waals surface area contributed by atoms with Gasteiger partial charge in [-0.25, -0.2) is 0 Å². The van der Waals surface area contributed by atoms with Crippen LogP contribution in [0.3, 0.4) is 0 Å². The molecule has 1 amide bonds. The van der Waals surface area contributed by atoms with Gasteiger partial charge in [-0.1, -0.05) is 48.0 Å². The second-order valence-electron chi connectivity index (χ2n) is 8.05. The molecule has 1 atom stereocenters. The molecule has 0 aromatic heterocycles. The predicted molar refractivity (Wildman–Crippen MR) is 100.0 cm³/mol. The highest BCUT2D eigenvalue weighted by molar-refractivity contribution is 5.78. The topological polar surface area (TPSA) is 38.8 Å². The van der Waals surface area contributed by atoms with Crippen LogP contribution in [-0.4, -0.2) is 29.6 Å². The van der Waals surface area contributed by atoms with Crippen molar-refractivity contribution in [2.24, 2.45) is 0 Å². The molecule has 2 aromatic carbocycles. The first-order valence-electron chi connectivity index (χ1n) is 9.13. The summed E-state index contributed by atoms with van der Waals surface area (Å²) in [6.45, 7) is 7.48. The normalized spacial score (nSPS) is 24.3. The van der Waals surface area contributed by atoms with Crippen LogP contribution in [0, 0.1) is 6.92 Å². The van der Waals surface area contributed by atoms with Gasteiger partial charge in [0.2, 0.25) is 5.91 Å². The Morgan fingerprint density at radius 3 is 2.58 bits per heavy atom. The van der Waals surface area contributed by atoms with Crippen molar-refractivity contribution in [2.45, 2.75) is 44.9 Å². The number of rotatable bonds is 2. The summed E-state index contributed by atoms with van der Waals surface area (Å²) in [7, 11) is 0. The molecule has 0 N–H and O–H groups in total. The number of benzene rings is 2. The van der Waals surface area contributed by atoms with E-state index in [2.05, 4.69) is 51.1 Å². The number of hydrogen-bond acceptors (Lipinski definition) is 3. The predicted octanol–water partition coefficient (Wildman–Crippen LogP) is 3.81. The molecule has 0 bridgehead atoms. The first kappa shape index (κ1) is 17.1. The van der Waals surface area contributed by atoms with Gasteiger partial charge in [-0.3, -0.25) is 4.79 Å². The van der Waals surface area contributed by atoms with Gasteiger partial charge in [0.25, 0.3) is 0 Å². The minimum Gasteiger partial charge on any atom is -0.487 e. The molecule has 1 unspecified atom stereocenters. The fourth-order valence-electron chi connectivity index (χ4n) is 4.11. The zero-order valence-electron chi connectivity index (χ0n) is 15.6. The van der Waals surface area contributed by atoms with Crippen LogP contribution in [0.2, 0.25) is 0 Å². The number of morpholine rings is 1. The van der Waals surface area contributed by atoms with Crippen molar-refractivity contribution in [3.05, 3.63) is 65.2 Å². The van der Waals surface area contributed by atoms with E-state index in [1.165, 1.54) is 5.56 Å². The second-order valence-corrected chi connectivity index (χ2v) is 8.05. The third-order valence-corrected chi connectivity index (χ3v) is 5.24. The van der Waals surface area contributed by atoms with Gasteiger partial charge in [0, 0.05) is 18.5 Å². The van der Waals surface area contributed by atoms with Crippen LogP contribution >= 0.6 is 0 Å². The summed E-state index contributed by atoms with van der Waals surface area (Å²) >= 11 is 0. The number of ether oxygens (including phenoxy) is 2. The third kappa shape index (κ3) is 3.10. The van der Waals surface area contributed by atoms with Crippen molar-refractivity contribution >= 4 is 5.91 Å². The summed E-state index contributed by atoms with van der Waals surface area (Å²) in [4.78, 5) is 14.5. The van der Waals surface area contributed by atoms with E-state index in [4.69, 9.17) is 9.47 Å². The smallest absolute Gasteiger partial charge is 0.249 e. The lowest BCUT2D eigenvalue weighted by Gasteiger charge is -2.49. The van der Waals surface area contributed by atoms with Crippen molar-refractivity contribution in [1.29, 1.82) is 0 Å². The molecule has 4 rings (SSSR count). The summed E-state index contributed by atoms with van der Waals surface area (Å²) in [5, 5.41) is 0. The van der Waals surface area contributed by atoms with Crippen LogP contribution in [0.15, 0.2) is 48.5 Å². The minimum absolute atomic E-state index is 0.0398. The molecule has 0 saturated carbocycles. The average Bonchev–Trinajstić information content (AvgIpc) is 2.59. The zero-order chi connectivity index (χ0) is 18.4. The monoisotopic (exact) mass is 351 g/mol. The maximum atomic E-state index is 12.5. The molecule has 2 aromatic rings. The molecular weight excluding hydrogens is 326 g/mol. The highest BCUT2D eigenvalue weighted by atomic mass is 16.5. The van der Waals surface area contributed by atoms with E-state index in [-0.39, 0.29) is 18.1 Å². The molecule has 1 fully saturated rings. The van der Waals surface area contributed by atoms with Crippen molar-refractivity contribution in [3.63, 3.8) is 0 Å². The number of hydrogen-bond donors (Lipinski definition) is 0. The molecule has 0 radical (unpaired) electrons. The van der Waals surface area contributed by atoms with Gasteiger partial charge in [0.05, 0.1) is 6.54 Å². The van der Waals surface area contributed by atoms with Crippen LogP contribution in [0.5, 0.6) is 5.75 Å². The molecule has 0 aliphatic carbocycles. The van der Waals surface area contributed by atoms with Gasteiger partial charge in [-0.2, -0.15) is 0 Å². The number of fused-ring (bicyclic) bond motifs is 2. The van der Waals surface area contributed by atoms with E-state index < -0.39 is 5.60 Å². The van der Waals surface area contributed by atoms with Crippen LogP contribution in [0.1, 0.15) is 37.0 Å². The van der Waals surface area contributed by atoms with E-state index >= 15 is 0 Å². The Bertz CT molecular complexity index is 828. The van der Waals surface area contributed by atoms with Gasteiger partial charge in [-0.05, 0) is 32.4 Å². The Morgan fingerprint density at radius 1 is 1.08 bits per heavy atom. The van der Waals surface area contributed by atoms with Crippen molar-refractivity contribution in [1.82, 2.24) is 4.90 Å². The van der Waals surface area contributed by atoms with E-state index in [0.717, 1.165) is 16.9 Å². The van der Waals surface area contributed by atoms with Gasteiger partial charge in [-0.15, -0.1) is 0 Å². The van der Waals surface area contributed by atoms with Gasteiger partial charge >= 0.3 is 0 Å². The SMILES string of the molecule is Cc1ccc(CN2CC3(CC(C)(C)Oc4ccccc43)OCC2=O)cc1. The molecule has 1 saturated heterocycles. The number of amides is 1. The lowest BCUT2D eigenvalue weighted by molar-refractivity contribution is -0.181. The molecule has 4 heteroatoms. The minimum atomic E-state index is -0.517. The van der Waals surface area contributed by atoms with Crippen LogP contribution in [-0.2, 0) is 21.7 Å². The van der Waals surface area contributed by atoms with Gasteiger partial charge in [0.15, 0.2) is 0 Å². The summed E-state index contributed by atoms with van der Waals surface area (Å²) in [6, 6.07) is 16.4. The summed E-state index contributed by atoms with van der Waals surface area (Å²) < 4.78 is 12.4. The highest BCUT2D eigenvalue weighted by Gasteiger charge is 2.50. The Kier molecular flexibility index (Phi) is 4.03. The van der Waals surface area contributed by atoms with Crippen molar-refractivity contribution in [2.75, 3.05) is 13.2 Å². The van der Waals surface area contributed by atoms with Crippen molar-refractivity contribution < 1.29 is 14.3 Å². The van der Waals surface area contributed by atoms with Crippen LogP contribution < -0.4 is 4.74 Å². The maximum absolute atomic E-state index is 12.5. The molecule has 26 heavy (non-hydrogen) atoms. The number of carbonyl (C=O) groups is 1. The zero-order valence-corrected chi connectivity index (χ0v) is 15.6. The molecule has 4 nitrogen and oxygen atoms in total. The highest BCUT2D eigenvalue weighted by Crippen LogP contribution is 2.47. The molecule has 2 heterocycles. The maximum Gasteiger partial charge on any atom is 0.249 e. The Balaban J connectivity index is 1.66. The third-order valence-electron chi connectivity index (χ3n) is 5.24. The van der Waals surface area contributed by atoms with Crippen LogP contribution in [0.4, 0.5) is 0 Å². The second kappa shape index (κ2) is 6.13. The van der Waals surface area contributed by atoms with E-state index in [1.807, 2.05) is 23.1 Å². The number of carbonyl (C=O) groups excluding carboxylic acids is 1. The lowest BCUT2D eigenvalue weighted by Crippen LogP contribution is -2.57. The molecular formula is C22H25NO3. The van der Waals surface area contributed by atoms with Gasteiger partial charge < -0.3 is 14.4 Å². The first-order chi connectivity index (χ1) is 12.4. The number of para-hydroxylation sites is 1. The summed E-state index contributed by atoms with van der Waals surface area (Å²) in [6.07, 6.45) is 0.717. The quantitative estimate of drug-likeness (QED) is 0.826. The molecule has 1 spiro atoms. The molecule has 2 aliphatic heterocycles. The fourth-order valence-corrected chi connectivity index (χ4v) is 4.11. The van der Waals surface area contributed by atoms with Crippen LogP contribution in [0.25, 0.3) is 0 Å². The van der Waals surface area contributed by atoms with E-state index in [0.29, 0.717) is 19.5 Å². The number of aryl methyl sites for hydroxylation is 1. The Labute approximate surface area is 154 Å². The van der Waals surface area contributed by atoms with E-state index in [9.17, 15) is 4.79 Å². The Hall–Kier alpha value is -2.33. The largest absolute Gasteiger partial charge is 0.487 e. The van der Waals surface area contributed by atoms with E-state index in [1.54, 1.807) is 0 Å². The standard InChI is InChI=1S/C22H25NO3/c1-16-8-10-17(11-9-16)12-23-15-22(25-13-20(23)24)14-21(2,3)26-19-7-5-4-6-18(19)22/h4-11H,12-15H2,1-3H3.